The van der Waals surface area contributed by atoms with E-state index in [1.165, 1.54) is 11.1 Å². The summed E-state index contributed by atoms with van der Waals surface area (Å²) in [6.45, 7) is 3.23. The Morgan fingerprint density at radius 3 is 2.21 bits per heavy atom. The molecule has 2 aliphatic heterocycles. The molecule has 0 bridgehead atoms. The number of carboxylic acid groups (broad SMARTS) is 3. The van der Waals surface area contributed by atoms with Crippen LogP contribution in [0.1, 0.15) is 42.4 Å². The van der Waals surface area contributed by atoms with Crippen LogP contribution in [0.25, 0.3) is 0 Å². The Hall–Kier alpha value is -3.71. The number of halogens is 1. The van der Waals surface area contributed by atoms with E-state index in [4.69, 9.17) is 42.5 Å². The maximum atomic E-state index is 12.9. The van der Waals surface area contributed by atoms with E-state index in [1.807, 2.05) is 26.2 Å². The van der Waals surface area contributed by atoms with E-state index in [9.17, 15) is 19.2 Å². The van der Waals surface area contributed by atoms with Gasteiger partial charge in [0.05, 0.1) is 31.0 Å². The van der Waals surface area contributed by atoms with Crippen molar-refractivity contribution < 1.29 is 44.3 Å². The SMILES string of the molecule is CN(C)C(=O)C(Cc1cc(N)ccc1Cl)CN1CCC2(CC1)OCc1ccccc12.O=C(O)CC(O)(CC(=O)O)C(=O)O. The van der Waals surface area contributed by atoms with Gasteiger partial charge >= 0.3 is 17.9 Å². The number of carbonyl (C=O) groups excluding carboxylic acids is 1. The molecule has 1 spiro atoms. The Balaban J connectivity index is 0.000000331. The summed E-state index contributed by atoms with van der Waals surface area (Å²) < 4.78 is 6.28. The van der Waals surface area contributed by atoms with Crippen LogP contribution >= 0.6 is 11.6 Å². The van der Waals surface area contributed by atoms with Gasteiger partial charge in [-0.1, -0.05) is 35.9 Å². The van der Waals surface area contributed by atoms with E-state index in [2.05, 4.69) is 29.2 Å². The molecule has 2 heterocycles. The van der Waals surface area contributed by atoms with Crippen molar-refractivity contribution in [3.05, 3.63) is 64.2 Å². The third kappa shape index (κ3) is 8.66. The highest BCUT2D eigenvalue weighted by atomic mass is 35.5. The molecule has 6 N–H and O–H groups in total. The number of benzene rings is 2. The minimum Gasteiger partial charge on any atom is -0.481 e. The Labute approximate surface area is 254 Å². The van der Waals surface area contributed by atoms with Crippen LogP contribution in [-0.4, -0.2) is 93.4 Å². The zero-order valence-corrected chi connectivity index (χ0v) is 24.9. The van der Waals surface area contributed by atoms with Crippen molar-refractivity contribution in [1.29, 1.82) is 0 Å². The van der Waals surface area contributed by atoms with Crippen molar-refractivity contribution >= 4 is 41.1 Å². The van der Waals surface area contributed by atoms with E-state index >= 15 is 0 Å². The first-order valence-electron chi connectivity index (χ1n) is 13.7. The Bertz CT molecular complexity index is 1330. The van der Waals surface area contributed by atoms with Gasteiger partial charge in [-0.3, -0.25) is 14.4 Å². The molecule has 1 atom stereocenters. The van der Waals surface area contributed by atoms with E-state index in [-0.39, 0.29) is 17.4 Å². The molecule has 4 rings (SSSR count). The minimum atomic E-state index is -2.74. The summed E-state index contributed by atoms with van der Waals surface area (Å²) >= 11 is 6.39. The van der Waals surface area contributed by atoms with Crippen LogP contribution in [0.2, 0.25) is 5.02 Å². The predicted octanol–water partition coefficient (Wildman–Crippen LogP) is 2.44. The lowest BCUT2D eigenvalue weighted by atomic mass is 9.83. The topological polar surface area (TPSA) is 191 Å². The normalized spacial score (nSPS) is 16.5. The van der Waals surface area contributed by atoms with Crippen LogP contribution in [0.5, 0.6) is 0 Å². The molecule has 234 valence electrons. The molecule has 0 saturated carbocycles. The average molecular weight is 620 g/mol. The number of hydrogen-bond acceptors (Lipinski definition) is 8. The van der Waals surface area contributed by atoms with Gasteiger partial charge in [-0.15, -0.1) is 0 Å². The largest absolute Gasteiger partial charge is 0.481 e. The number of anilines is 1. The van der Waals surface area contributed by atoms with Crippen LogP contribution in [-0.2, 0) is 42.5 Å². The average Bonchev–Trinajstić information content (AvgIpc) is 3.28. The second-order valence-corrected chi connectivity index (χ2v) is 11.6. The second-order valence-electron chi connectivity index (χ2n) is 11.2. The summed E-state index contributed by atoms with van der Waals surface area (Å²) in [6.07, 6.45) is 0.197. The monoisotopic (exact) mass is 619 g/mol. The van der Waals surface area contributed by atoms with Crippen molar-refractivity contribution in [3.8, 4) is 0 Å². The molecule has 1 unspecified atom stereocenters. The van der Waals surface area contributed by atoms with E-state index in [0.29, 0.717) is 30.3 Å². The summed E-state index contributed by atoms with van der Waals surface area (Å²) in [6, 6.07) is 14.0. The first kappa shape index (κ1) is 33.8. The second kappa shape index (κ2) is 14.2. The lowest BCUT2D eigenvalue weighted by molar-refractivity contribution is -0.170. The first-order valence-corrected chi connectivity index (χ1v) is 14.1. The molecule has 0 aromatic heterocycles. The number of aliphatic hydroxyl groups is 1. The van der Waals surface area contributed by atoms with Crippen molar-refractivity contribution in [2.75, 3.05) is 39.5 Å². The number of carbonyl (C=O) groups is 4. The molecule has 0 radical (unpaired) electrons. The summed E-state index contributed by atoms with van der Waals surface area (Å²) in [5.41, 5.74) is 7.30. The molecule has 1 fully saturated rings. The lowest BCUT2D eigenvalue weighted by Gasteiger charge is -2.40. The van der Waals surface area contributed by atoms with Crippen LogP contribution in [0, 0.1) is 5.92 Å². The Morgan fingerprint density at radius 2 is 1.65 bits per heavy atom. The van der Waals surface area contributed by atoms with Gasteiger partial charge < -0.3 is 40.7 Å². The van der Waals surface area contributed by atoms with Gasteiger partial charge in [-0.05, 0) is 54.2 Å². The van der Waals surface area contributed by atoms with Crippen molar-refractivity contribution in [1.82, 2.24) is 9.80 Å². The van der Waals surface area contributed by atoms with Crippen LogP contribution in [0.3, 0.4) is 0 Å². The summed E-state index contributed by atoms with van der Waals surface area (Å²) in [5.74, 6) is -5.06. The van der Waals surface area contributed by atoms with E-state index in [0.717, 1.165) is 31.5 Å². The number of nitrogens with zero attached hydrogens (tertiary/aromatic N) is 2. The number of nitrogen functional groups attached to an aromatic ring is 1. The Morgan fingerprint density at radius 1 is 1.05 bits per heavy atom. The summed E-state index contributed by atoms with van der Waals surface area (Å²) in [5, 5.41) is 34.5. The van der Waals surface area contributed by atoms with Gasteiger partial charge in [0.1, 0.15) is 0 Å². The van der Waals surface area contributed by atoms with Gasteiger partial charge in [-0.2, -0.15) is 0 Å². The summed E-state index contributed by atoms with van der Waals surface area (Å²) in [4.78, 5) is 47.5. The molecule has 1 saturated heterocycles. The van der Waals surface area contributed by atoms with Gasteiger partial charge in [0.2, 0.25) is 5.91 Å². The molecule has 1 amide bonds. The Kier molecular flexibility index (Phi) is 11.1. The molecule has 2 aliphatic rings. The minimum absolute atomic E-state index is 0.122. The first-order chi connectivity index (χ1) is 20.2. The van der Waals surface area contributed by atoms with Crippen molar-refractivity contribution in [2.24, 2.45) is 5.92 Å². The summed E-state index contributed by atoms with van der Waals surface area (Å²) in [7, 11) is 3.62. The fraction of sp³-hybridized carbons (Fsp3) is 0.467. The van der Waals surface area contributed by atoms with Crippen molar-refractivity contribution in [3.63, 3.8) is 0 Å². The van der Waals surface area contributed by atoms with E-state index in [1.54, 1.807) is 11.0 Å². The highest BCUT2D eigenvalue weighted by Gasteiger charge is 2.43. The van der Waals surface area contributed by atoms with Gasteiger partial charge in [0.15, 0.2) is 5.60 Å². The third-order valence-electron chi connectivity index (χ3n) is 7.77. The van der Waals surface area contributed by atoms with Crippen molar-refractivity contribution in [2.45, 2.75) is 49.9 Å². The number of ether oxygens (including phenoxy) is 1. The van der Waals surface area contributed by atoms with E-state index < -0.39 is 36.4 Å². The number of carboxylic acids is 3. The number of piperidine rings is 1. The quantitative estimate of drug-likeness (QED) is 0.245. The lowest BCUT2D eigenvalue weighted by Crippen LogP contribution is -2.46. The standard InChI is InChI=1S/C24H30ClN3O2.C6H8O7/c1-27(2)23(29)19(13-18-14-20(26)7-8-22(18)25)15-28-11-9-24(10-12-28)21-6-4-3-5-17(21)16-30-24;7-3(8)1-6(13,5(11)12)2-4(9)10/h3-8,14,19H,9-13,15-16,26H2,1-2H3;13H,1-2H2,(H,7,8)(H,9,10)(H,11,12). The number of aliphatic carboxylic acids is 3. The fourth-order valence-corrected chi connectivity index (χ4v) is 5.73. The number of fused-ring (bicyclic) bond motifs is 2. The maximum Gasteiger partial charge on any atom is 0.336 e. The predicted molar refractivity (Wildman–Crippen MR) is 157 cm³/mol. The van der Waals surface area contributed by atoms with Gasteiger partial charge in [-0.25, -0.2) is 4.79 Å². The zero-order chi connectivity index (χ0) is 31.9. The highest BCUT2D eigenvalue weighted by molar-refractivity contribution is 6.31. The molecular formula is C30H38ClN3O9. The third-order valence-corrected chi connectivity index (χ3v) is 8.13. The number of nitrogens with two attached hydrogens (primary N) is 1. The van der Waals surface area contributed by atoms with Crippen LogP contribution in [0.15, 0.2) is 42.5 Å². The molecule has 0 aliphatic carbocycles. The number of likely N-dealkylation sites (tertiary alicyclic amines) is 1. The molecule has 13 heteroatoms. The molecular weight excluding hydrogens is 582 g/mol. The van der Waals surface area contributed by atoms with Crippen LogP contribution in [0.4, 0.5) is 5.69 Å². The van der Waals surface area contributed by atoms with Crippen LogP contribution < -0.4 is 5.73 Å². The molecule has 12 nitrogen and oxygen atoms in total. The smallest absolute Gasteiger partial charge is 0.336 e. The number of hydrogen-bond donors (Lipinski definition) is 5. The molecule has 2 aromatic carbocycles. The van der Waals surface area contributed by atoms with Gasteiger partial charge in [0, 0.05) is 44.4 Å². The highest BCUT2D eigenvalue weighted by Crippen LogP contribution is 2.44. The molecule has 2 aromatic rings. The zero-order valence-electron chi connectivity index (χ0n) is 24.2. The van der Waals surface area contributed by atoms with Gasteiger partial charge in [0.25, 0.3) is 0 Å². The maximum absolute atomic E-state index is 12.9. The fourth-order valence-electron chi connectivity index (χ4n) is 5.53. The number of rotatable bonds is 10. The molecule has 43 heavy (non-hydrogen) atoms. The number of amides is 1.